The average molecular weight is 412 g/mol. The van der Waals surface area contributed by atoms with Gasteiger partial charge in [-0.05, 0) is 39.7 Å². The minimum atomic E-state index is -0.490. The van der Waals surface area contributed by atoms with Crippen molar-refractivity contribution < 1.29 is 9.53 Å². The largest absolute Gasteiger partial charge is 0.444 e. The van der Waals surface area contributed by atoms with E-state index in [0.29, 0.717) is 30.8 Å². The Bertz CT molecular complexity index is 964. The van der Waals surface area contributed by atoms with Crippen LogP contribution in [0.25, 0.3) is 0 Å². The van der Waals surface area contributed by atoms with Crippen LogP contribution >= 0.6 is 0 Å². The number of likely N-dealkylation sites (tertiary alicyclic amines) is 1. The first-order valence-electron chi connectivity index (χ1n) is 10.6. The third kappa shape index (κ3) is 3.57. The van der Waals surface area contributed by atoms with Crippen molar-refractivity contribution in [3.8, 4) is 0 Å². The van der Waals surface area contributed by atoms with Gasteiger partial charge in [0, 0.05) is 48.9 Å². The van der Waals surface area contributed by atoms with E-state index in [1.165, 1.54) is 18.5 Å². The number of ether oxygens (including phenoxy) is 1. The van der Waals surface area contributed by atoms with Gasteiger partial charge in [-0.2, -0.15) is 10.1 Å². The van der Waals surface area contributed by atoms with E-state index in [2.05, 4.69) is 38.4 Å². The topological polar surface area (TPSA) is 99.3 Å². The third-order valence-electron chi connectivity index (χ3n) is 6.08. The number of H-pyrrole nitrogens is 1. The van der Waals surface area contributed by atoms with Gasteiger partial charge < -0.3 is 19.9 Å². The van der Waals surface area contributed by atoms with E-state index in [9.17, 15) is 4.79 Å². The Morgan fingerprint density at radius 1 is 1.30 bits per heavy atom. The second kappa shape index (κ2) is 6.58. The highest BCUT2D eigenvalue weighted by atomic mass is 16.6. The van der Waals surface area contributed by atoms with Crippen LogP contribution in [-0.2, 0) is 4.74 Å². The number of fused-ring (bicyclic) bond motifs is 1. The molecule has 2 saturated heterocycles. The fraction of sp³-hybridized carbons (Fsp3) is 0.619. The number of aromatic amines is 1. The summed E-state index contributed by atoms with van der Waals surface area (Å²) in [6.45, 7) is 10.1. The number of rotatable bonds is 4. The molecule has 2 aromatic heterocycles. The van der Waals surface area contributed by atoms with Gasteiger partial charge >= 0.3 is 6.09 Å². The van der Waals surface area contributed by atoms with Crippen molar-refractivity contribution in [2.24, 2.45) is 5.41 Å². The number of carbonyl (C=O) groups is 1. The second-order valence-electron chi connectivity index (χ2n) is 10.0. The molecule has 160 valence electrons. The molecule has 9 heteroatoms. The predicted molar refractivity (Wildman–Crippen MR) is 113 cm³/mol. The fourth-order valence-electron chi connectivity index (χ4n) is 4.42. The monoisotopic (exact) mass is 411 g/mol. The summed E-state index contributed by atoms with van der Waals surface area (Å²) in [7, 11) is 0. The van der Waals surface area contributed by atoms with E-state index in [0.717, 1.165) is 12.4 Å². The minimum Gasteiger partial charge on any atom is -0.444 e. The number of anilines is 3. The molecular formula is C21H29N7O2. The molecule has 1 saturated carbocycles. The smallest absolute Gasteiger partial charge is 0.410 e. The Hall–Kier alpha value is -2.84. The molecule has 2 N–H and O–H groups in total. The molecule has 1 amide bonds. The van der Waals surface area contributed by atoms with Gasteiger partial charge in [-0.1, -0.05) is 6.92 Å². The first kappa shape index (κ1) is 19.1. The molecule has 9 nitrogen and oxygen atoms in total. The summed E-state index contributed by atoms with van der Waals surface area (Å²) < 4.78 is 5.56. The van der Waals surface area contributed by atoms with Gasteiger partial charge in [0.05, 0.1) is 6.04 Å². The summed E-state index contributed by atoms with van der Waals surface area (Å²) in [5.74, 6) is 2.77. The summed E-state index contributed by atoms with van der Waals surface area (Å²) >= 11 is 0. The number of nitrogens with one attached hydrogen (secondary N) is 2. The van der Waals surface area contributed by atoms with Crippen LogP contribution in [0.5, 0.6) is 0 Å². The van der Waals surface area contributed by atoms with Crippen LogP contribution in [0.3, 0.4) is 0 Å². The number of carbonyl (C=O) groups excluding carboxylic acids is 1. The van der Waals surface area contributed by atoms with Crippen molar-refractivity contribution in [1.29, 1.82) is 0 Å². The molecule has 0 aromatic carbocycles. The van der Waals surface area contributed by atoms with Crippen molar-refractivity contribution in [1.82, 2.24) is 25.1 Å². The first-order valence-corrected chi connectivity index (χ1v) is 10.6. The number of amides is 1. The van der Waals surface area contributed by atoms with Crippen LogP contribution in [0.1, 0.15) is 52.1 Å². The van der Waals surface area contributed by atoms with Gasteiger partial charge in [0.1, 0.15) is 11.4 Å². The third-order valence-corrected chi connectivity index (χ3v) is 6.08. The van der Waals surface area contributed by atoms with Gasteiger partial charge in [-0.15, -0.1) is 0 Å². The van der Waals surface area contributed by atoms with Crippen molar-refractivity contribution in [3.05, 3.63) is 24.0 Å². The van der Waals surface area contributed by atoms with Crippen molar-refractivity contribution in [2.75, 3.05) is 29.9 Å². The molecule has 4 heterocycles. The summed E-state index contributed by atoms with van der Waals surface area (Å²) in [5, 5.41) is 10.7. The molecule has 0 bridgehead atoms. The maximum absolute atomic E-state index is 12.5. The highest BCUT2D eigenvalue weighted by molar-refractivity contribution is 5.71. The molecule has 30 heavy (non-hydrogen) atoms. The number of hydrogen-bond acceptors (Lipinski definition) is 7. The van der Waals surface area contributed by atoms with Crippen LogP contribution in [-0.4, -0.2) is 62.4 Å². The Balaban J connectivity index is 1.26. The van der Waals surface area contributed by atoms with E-state index in [1.54, 1.807) is 6.20 Å². The van der Waals surface area contributed by atoms with Crippen LogP contribution in [0, 0.1) is 5.41 Å². The second-order valence-corrected chi connectivity index (χ2v) is 10.0. The summed E-state index contributed by atoms with van der Waals surface area (Å²) in [4.78, 5) is 25.7. The molecule has 3 aliphatic rings. The lowest BCUT2D eigenvalue weighted by atomic mass is 9.76. The van der Waals surface area contributed by atoms with Crippen LogP contribution in [0.15, 0.2) is 18.3 Å². The molecule has 2 atom stereocenters. The highest BCUT2D eigenvalue weighted by Gasteiger charge is 2.58. The fourth-order valence-corrected chi connectivity index (χ4v) is 4.42. The van der Waals surface area contributed by atoms with Crippen molar-refractivity contribution >= 4 is 23.7 Å². The van der Waals surface area contributed by atoms with Gasteiger partial charge in [-0.25, -0.2) is 9.78 Å². The number of hydrogen-bond donors (Lipinski definition) is 2. The maximum atomic E-state index is 12.5. The molecule has 5 rings (SSSR count). The minimum absolute atomic E-state index is 0.0328. The zero-order valence-corrected chi connectivity index (χ0v) is 18.0. The molecule has 3 fully saturated rings. The standard InChI is InChI=1S/C21H29N7O2/c1-20(2,3)30-19(29)28-12-21(4)11-27(10-15(21)28)18-22-8-7-16(24-18)23-17-9-14(25-26-17)13-5-6-13/h7-9,13,15H,5-6,10-12H2,1-4H3,(H2,22,23,24,25,26)/t15-,21-/m0/s1. The lowest BCUT2D eigenvalue weighted by Gasteiger charge is -2.50. The van der Waals surface area contributed by atoms with Crippen LogP contribution < -0.4 is 10.2 Å². The average Bonchev–Trinajstić information content (AvgIpc) is 3.35. The number of aromatic nitrogens is 4. The van der Waals surface area contributed by atoms with Crippen LogP contribution in [0.4, 0.5) is 22.4 Å². The number of nitrogens with zero attached hydrogens (tertiary/aromatic N) is 5. The normalized spacial score (nSPS) is 25.7. The van der Waals surface area contributed by atoms with Crippen LogP contribution in [0.2, 0.25) is 0 Å². The first-order chi connectivity index (χ1) is 14.2. The maximum Gasteiger partial charge on any atom is 0.410 e. The molecule has 2 aromatic rings. The zero-order chi connectivity index (χ0) is 21.1. The summed E-state index contributed by atoms with van der Waals surface area (Å²) in [6, 6.07) is 4.00. The SMILES string of the molecule is CC(C)(C)OC(=O)N1C[C@]2(C)CN(c3nccc(Nc4cc(C5CC5)[nH]n4)n3)C[C@H]12. The molecule has 0 spiro atoms. The lowest BCUT2D eigenvalue weighted by molar-refractivity contribution is -0.0489. The lowest BCUT2D eigenvalue weighted by Crippen LogP contribution is -2.65. The zero-order valence-electron chi connectivity index (χ0n) is 18.0. The van der Waals surface area contributed by atoms with Gasteiger partial charge in [-0.3, -0.25) is 5.10 Å². The van der Waals surface area contributed by atoms with Crippen molar-refractivity contribution in [2.45, 2.75) is 58.1 Å². The van der Waals surface area contributed by atoms with Crippen molar-refractivity contribution in [3.63, 3.8) is 0 Å². The summed E-state index contributed by atoms with van der Waals surface area (Å²) in [6.07, 6.45) is 3.98. The Labute approximate surface area is 176 Å². The molecular weight excluding hydrogens is 382 g/mol. The van der Waals surface area contributed by atoms with E-state index in [-0.39, 0.29) is 17.6 Å². The van der Waals surface area contributed by atoms with Gasteiger partial charge in [0.25, 0.3) is 0 Å². The summed E-state index contributed by atoms with van der Waals surface area (Å²) in [5.41, 5.74) is 0.722. The highest BCUT2D eigenvalue weighted by Crippen LogP contribution is 2.45. The Kier molecular flexibility index (Phi) is 4.20. The Morgan fingerprint density at radius 3 is 2.83 bits per heavy atom. The molecule has 0 unspecified atom stereocenters. The van der Waals surface area contributed by atoms with Gasteiger partial charge in [0.15, 0.2) is 5.82 Å². The molecule has 1 aliphatic carbocycles. The van der Waals surface area contributed by atoms with E-state index in [4.69, 9.17) is 9.72 Å². The quantitative estimate of drug-likeness (QED) is 0.796. The predicted octanol–water partition coefficient (Wildman–Crippen LogP) is 3.27. The molecule has 2 aliphatic heterocycles. The van der Waals surface area contributed by atoms with E-state index < -0.39 is 5.60 Å². The molecule has 0 radical (unpaired) electrons. The Morgan fingerprint density at radius 2 is 2.10 bits per heavy atom. The van der Waals surface area contributed by atoms with E-state index in [1.807, 2.05) is 31.7 Å². The van der Waals surface area contributed by atoms with E-state index >= 15 is 0 Å². The van der Waals surface area contributed by atoms with Gasteiger partial charge in [0.2, 0.25) is 5.95 Å².